The average Bonchev–Trinajstić information content (AvgIpc) is 2.97. The minimum atomic E-state index is -0.233. The van der Waals surface area contributed by atoms with Crippen LogP contribution in [0.15, 0.2) is 29.3 Å². The van der Waals surface area contributed by atoms with Crippen LogP contribution in [0.5, 0.6) is 0 Å². The molecule has 2 aliphatic rings. The Balaban J connectivity index is 0.00000272. The van der Waals surface area contributed by atoms with Crippen LogP contribution in [-0.4, -0.2) is 58.4 Å². The summed E-state index contributed by atoms with van der Waals surface area (Å²) in [6.07, 6.45) is 5.45. The van der Waals surface area contributed by atoms with Gasteiger partial charge in [0, 0.05) is 39.5 Å². The lowest BCUT2D eigenvalue weighted by atomic mass is 10.1. The highest BCUT2D eigenvalue weighted by atomic mass is 127. The van der Waals surface area contributed by atoms with Gasteiger partial charge in [0.2, 0.25) is 0 Å². The zero-order chi connectivity index (χ0) is 20.9. The Morgan fingerprint density at radius 3 is 2.77 bits per heavy atom. The van der Waals surface area contributed by atoms with E-state index in [1.807, 2.05) is 0 Å². The number of rotatable bonds is 4. The molecular formula is C22H32FIN6O. The van der Waals surface area contributed by atoms with E-state index in [1.165, 1.54) is 31.4 Å². The molecule has 0 saturated carbocycles. The number of hydrogen-bond donors (Lipinski definition) is 1. The van der Waals surface area contributed by atoms with Crippen molar-refractivity contribution in [3.63, 3.8) is 0 Å². The predicted octanol–water partition coefficient (Wildman–Crippen LogP) is 3.34. The van der Waals surface area contributed by atoms with Crippen LogP contribution < -0.4 is 5.32 Å². The summed E-state index contributed by atoms with van der Waals surface area (Å²) in [4.78, 5) is 6.70. The second-order valence-electron chi connectivity index (χ2n) is 8.11. The fourth-order valence-electron chi connectivity index (χ4n) is 4.33. The highest BCUT2D eigenvalue weighted by molar-refractivity contribution is 14.0. The minimum absolute atomic E-state index is 0. The summed E-state index contributed by atoms with van der Waals surface area (Å²) in [5.74, 6) is 2.79. The molecule has 0 amide bonds. The molecule has 2 unspecified atom stereocenters. The van der Waals surface area contributed by atoms with Crippen LogP contribution in [0.2, 0.25) is 0 Å². The number of ether oxygens (including phenoxy) is 1. The molecule has 2 atom stereocenters. The van der Waals surface area contributed by atoms with Crippen molar-refractivity contribution in [1.29, 1.82) is 0 Å². The van der Waals surface area contributed by atoms with E-state index in [0.29, 0.717) is 6.54 Å². The maximum absolute atomic E-state index is 13.3. The van der Waals surface area contributed by atoms with Crippen molar-refractivity contribution in [1.82, 2.24) is 25.0 Å². The first-order chi connectivity index (χ1) is 14.6. The first-order valence-corrected chi connectivity index (χ1v) is 10.9. The highest BCUT2D eigenvalue weighted by Crippen LogP contribution is 2.25. The van der Waals surface area contributed by atoms with Crippen LogP contribution in [-0.2, 0) is 24.1 Å². The van der Waals surface area contributed by atoms with Crippen molar-refractivity contribution < 1.29 is 9.13 Å². The Bertz CT molecular complexity index is 871. The van der Waals surface area contributed by atoms with E-state index in [9.17, 15) is 4.39 Å². The Hall–Kier alpha value is -1.75. The summed E-state index contributed by atoms with van der Waals surface area (Å²) in [7, 11) is 1.80. The third kappa shape index (κ3) is 5.94. The molecule has 2 aliphatic heterocycles. The standard InChI is InChI=1S/C22H31FN6O.HI/c1-16-14-28(15-19(30-16)17-7-9-18(23)10-8-17)22(24-2)25-12-11-21-27-26-20-6-4-3-5-13-29(20)21;/h7-10,16,19H,3-6,11-15H2,1-2H3,(H,24,25);1H. The monoisotopic (exact) mass is 542 g/mol. The topological polar surface area (TPSA) is 67.6 Å². The zero-order valence-corrected chi connectivity index (χ0v) is 20.6. The van der Waals surface area contributed by atoms with E-state index in [2.05, 4.69) is 36.9 Å². The van der Waals surface area contributed by atoms with Gasteiger partial charge in [0.05, 0.1) is 12.6 Å². The predicted molar refractivity (Wildman–Crippen MR) is 129 cm³/mol. The Labute approximate surface area is 200 Å². The number of aromatic nitrogens is 3. The first kappa shape index (κ1) is 23.9. The summed E-state index contributed by atoms with van der Waals surface area (Å²) in [6.45, 7) is 5.26. The van der Waals surface area contributed by atoms with Crippen LogP contribution in [0.25, 0.3) is 0 Å². The van der Waals surface area contributed by atoms with Crippen molar-refractivity contribution in [2.75, 3.05) is 26.7 Å². The Kier molecular flexibility index (Phi) is 8.65. The van der Waals surface area contributed by atoms with Crippen molar-refractivity contribution >= 4 is 29.9 Å². The Morgan fingerprint density at radius 1 is 1.19 bits per heavy atom. The molecule has 1 aromatic carbocycles. The lowest BCUT2D eigenvalue weighted by Gasteiger charge is -2.38. The maximum Gasteiger partial charge on any atom is 0.193 e. The molecule has 9 heteroatoms. The molecule has 31 heavy (non-hydrogen) atoms. The van der Waals surface area contributed by atoms with Gasteiger partial charge < -0.3 is 19.5 Å². The van der Waals surface area contributed by atoms with Crippen LogP contribution in [0.4, 0.5) is 4.39 Å². The van der Waals surface area contributed by atoms with Crippen molar-refractivity contribution in [2.45, 2.75) is 57.8 Å². The number of aliphatic imine (C=N–C) groups is 1. The number of halogens is 2. The summed E-state index contributed by atoms with van der Waals surface area (Å²) in [5, 5.41) is 12.3. The third-order valence-corrected chi connectivity index (χ3v) is 5.83. The lowest BCUT2D eigenvalue weighted by molar-refractivity contribution is -0.0604. The van der Waals surface area contributed by atoms with Crippen molar-refractivity contribution in [2.24, 2.45) is 4.99 Å². The largest absolute Gasteiger partial charge is 0.367 e. The van der Waals surface area contributed by atoms with Crippen molar-refractivity contribution in [3.05, 3.63) is 47.3 Å². The fourth-order valence-corrected chi connectivity index (χ4v) is 4.33. The number of nitrogens with one attached hydrogen (secondary N) is 1. The van der Waals surface area contributed by atoms with Gasteiger partial charge >= 0.3 is 0 Å². The number of hydrogen-bond acceptors (Lipinski definition) is 4. The van der Waals surface area contributed by atoms with Crippen LogP contribution in [0, 0.1) is 5.82 Å². The zero-order valence-electron chi connectivity index (χ0n) is 18.3. The van der Waals surface area contributed by atoms with E-state index in [0.717, 1.165) is 55.6 Å². The number of nitrogens with zero attached hydrogens (tertiary/aromatic N) is 5. The van der Waals surface area contributed by atoms with E-state index in [-0.39, 0.29) is 42.0 Å². The molecule has 0 radical (unpaired) electrons. The van der Waals surface area contributed by atoms with Gasteiger partial charge in [0.15, 0.2) is 5.96 Å². The normalized spacial score (nSPS) is 21.8. The maximum atomic E-state index is 13.3. The molecule has 2 aromatic rings. The molecule has 0 aliphatic carbocycles. The number of fused-ring (bicyclic) bond motifs is 1. The smallest absolute Gasteiger partial charge is 0.193 e. The molecule has 7 nitrogen and oxygen atoms in total. The molecule has 1 fully saturated rings. The van der Waals surface area contributed by atoms with Gasteiger partial charge in [-0.2, -0.15) is 0 Å². The molecule has 1 N–H and O–H groups in total. The quantitative estimate of drug-likeness (QED) is 0.365. The van der Waals surface area contributed by atoms with Crippen LogP contribution in [0.1, 0.15) is 49.5 Å². The van der Waals surface area contributed by atoms with Gasteiger partial charge in [-0.05, 0) is 37.5 Å². The summed E-state index contributed by atoms with van der Waals surface area (Å²) in [6, 6.07) is 6.56. The second-order valence-corrected chi connectivity index (χ2v) is 8.11. The number of morpholine rings is 1. The number of guanidine groups is 1. The molecule has 1 saturated heterocycles. The molecular weight excluding hydrogens is 510 g/mol. The lowest BCUT2D eigenvalue weighted by Crippen LogP contribution is -2.51. The first-order valence-electron chi connectivity index (χ1n) is 10.9. The molecule has 4 rings (SSSR count). The van der Waals surface area contributed by atoms with Gasteiger partial charge in [-0.25, -0.2) is 4.39 Å². The number of aryl methyl sites for hydroxylation is 1. The molecule has 170 valence electrons. The van der Waals surface area contributed by atoms with Crippen molar-refractivity contribution in [3.8, 4) is 0 Å². The van der Waals surface area contributed by atoms with Crippen LogP contribution in [0.3, 0.4) is 0 Å². The molecule has 3 heterocycles. The van der Waals surface area contributed by atoms with Crippen LogP contribution >= 0.6 is 24.0 Å². The molecule has 1 aromatic heterocycles. The molecule has 0 spiro atoms. The second kappa shape index (κ2) is 11.2. The van der Waals surface area contributed by atoms with E-state index < -0.39 is 0 Å². The van der Waals surface area contributed by atoms with Gasteiger partial charge in [-0.1, -0.05) is 18.6 Å². The SMILES string of the molecule is CN=C(NCCc1nnc2n1CCCCC2)N1CC(C)OC(c2ccc(F)cc2)C1.I. The van der Waals surface area contributed by atoms with Gasteiger partial charge in [0.25, 0.3) is 0 Å². The van der Waals surface area contributed by atoms with E-state index >= 15 is 0 Å². The summed E-state index contributed by atoms with van der Waals surface area (Å²) in [5.41, 5.74) is 0.981. The Morgan fingerprint density at radius 2 is 2.00 bits per heavy atom. The third-order valence-electron chi connectivity index (χ3n) is 5.83. The number of benzene rings is 1. The van der Waals surface area contributed by atoms with Gasteiger partial charge in [-0.3, -0.25) is 4.99 Å². The molecule has 0 bridgehead atoms. The van der Waals surface area contributed by atoms with E-state index in [1.54, 1.807) is 19.2 Å². The summed E-state index contributed by atoms with van der Waals surface area (Å²) < 4.78 is 21.7. The minimum Gasteiger partial charge on any atom is -0.367 e. The van der Waals surface area contributed by atoms with E-state index in [4.69, 9.17) is 4.74 Å². The van der Waals surface area contributed by atoms with Gasteiger partial charge in [-0.15, -0.1) is 34.2 Å². The fraction of sp³-hybridized carbons (Fsp3) is 0.591. The highest BCUT2D eigenvalue weighted by Gasteiger charge is 2.28. The average molecular weight is 542 g/mol. The summed E-state index contributed by atoms with van der Waals surface area (Å²) >= 11 is 0. The van der Waals surface area contributed by atoms with Gasteiger partial charge in [0.1, 0.15) is 23.6 Å².